The quantitative estimate of drug-likeness (QED) is 0.514. The lowest BCUT2D eigenvalue weighted by molar-refractivity contribution is -0.133. The summed E-state index contributed by atoms with van der Waals surface area (Å²) in [4.78, 5) is 15.0. The van der Waals surface area contributed by atoms with Gasteiger partial charge in [-0.15, -0.1) is 0 Å². The highest BCUT2D eigenvalue weighted by atomic mass is 16.5. The van der Waals surface area contributed by atoms with Crippen molar-refractivity contribution >= 4 is 5.91 Å². The van der Waals surface area contributed by atoms with Gasteiger partial charge in [-0.1, -0.05) is 62.4 Å². The van der Waals surface area contributed by atoms with Gasteiger partial charge >= 0.3 is 0 Å². The largest absolute Gasteiger partial charge is 0.439 e. The van der Waals surface area contributed by atoms with E-state index in [0.717, 1.165) is 42.0 Å². The Labute approximate surface area is 178 Å². The molecule has 1 aromatic heterocycles. The van der Waals surface area contributed by atoms with E-state index < -0.39 is 0 Å². The van der Waals surface area contributed by atoms with E-state index in [0.29, 0.717) is 18.3 Å². The van der Waals surface area contributed by atoms with Crippen LogP contribution in [0.25, 0.3) is 11.3 Å². The fourth-order valence-electron chi connectivity index (χ4n) is 3.70. The predicted molar refractivity (Wildman–Crippen MR) is 118 cm³/mol. The summed E-state index contributed by atoms with van der Waals surface area (Å²) in [6.45, 7) is 5.52. The van der Waals surface area contributed by atoms with E-state index in [1.807, 2.05) is 72.6 Å². The Morgan fingerprint density at radius 3 is 2.33 bits per heavy atom. The molecule has 1 fully saturated rings. The van der Waals surface area contributed by atoms with Crippen molar-refractivity contribution in [2.24, 2.45) is 18.9 Å². The molecule has 5 nitrogen and oxygen atoms in total. The van der Waals surface area contributed by atoms with E-state index >= 15 is 0 Å². The highest BCUT2D eigenvalue weighted by molar-refractivity contribution is 5.81. The van der Waals surface area contributed by atoms with E-state index in [9.17, 15) is 4.79 Å². The first-order chi connectivity index (χ1) is 14.5. The number of rotatable bonds is 8. The zero-order valence-electron chi connectivity index (χ0n) is 17.9. The molecule has 1 aliphatic carbocycles. The van der Waals surface area contributed by atoms with Crippen LogP contribution >= 0.6 is 0 Å². The summed E-state index contributed by atoms with van der Waals surface area (Å²) >= 11 is 0. The Balaban J connectivity index is 1.75. The topological polar surface area (TPSA) is 47.4 Å². The molecule has 0 saturated heterocycles. The molecule has 0 aliphatic heterocycles. The number of hydrogen-bond donors (Lipinski definition) is 0. The Bertz CT molecular complexity index is 992. The molecule has 0 bridgehead atoms. The molecule has 1 aliphatic rings. The van der Waals surface area contributed by atoms with Crippen LogP contribution in [0.15, 0.2) is 60.7 Å². The van der Waals surface area contributed by atoms with Gasteiger partial charge in [-0.05, 0) is 30.9 Å². The Kier molecular flexibility index (Phi) is 5.88. The number of para-hydroxylation sites is 1. The van der Waals surface area contributed by atoms with E-state index in [1.165, 1.54) is 0 Å². The van der Waals surface area contributed by atoms with Gasteiger partial charge in [-0.2, -0.15) is 5.10 Å². The summed E-state index contributed by atoms with van der Waals surface area (Å²) in [5.41, 5.74) is 2.83. The highest BCUT2D eigenvalue weighted by Crippen LogP contribution is 2.36. The SMILES string of the molecule is CC(C)CN(Cc1c(-c2ccccc2)nn(C)c1Oc1ccccc1)C(=O)C1CC1. The lowest BCUT2D eigenvalue weighted by Gasteiger charge is -2.25. The van der Waals surface area contributed by atoms with E-state index in [4.69, 9.17) is 9.84 Å². The highest BCUT2D eigenvalue weighted by Gasteiger charge is 2.35. The third-order valence-electron chi connectivity index (χ3n) is 5.27. The molecule has 0 unspecified atom stereocenters. The van der Waals surface area contributed by atoms with E-state index in [1.54, 1.807) is 4.68 Å². The van der Waals surface area contributed by atoms with E-state index in [-0.39, 0.29) is 11.8 Å². The maximum atomic E-state index is 13.0. The van der Waals surface area contributed by atoms with Crippen LogP contribution in [-0.4, -0.2) is 27.1 Å². The molecule has 0 spiro atoms. The normalized spacial score (nSPS) is 13.5. The van der Waals surface area contributed by atoms with Gasteiger partial charge in [0.05, 0.1) is 12.1 Å². The Morgan fingerprint density at radius 1 is 1.10 bits per heavy atom. The van der Waals surface area contributed by atoms with Crippen molar-refractivity contribution in [2.75, 3.05) is 6.54 Å². The first kappa shape index (κ1) is 20.2. The van der Waals surface area contributed by atoms with Gasteiger partial charge < -0.3 is 9.64 Å². The Hall–Kier alpha value is -3.08. The number of amides is 1. The number of aromatic nitrogens is 2. The van der Waals surface area contributed by atoms with Crippen molar-refractivity contribution in [3.63, 3.8) is 0 Å². The average Bonchev–Trinajstić information content (AvgIpc) is 3.55. The van der Waals surface area contributed by atoms with Gasteiger partial charge in [0.1, 0.15) is 11.4 Å². The van der Waals surface area contributed by atoms with Crippen molar-refractivity contribution in [1.82, 2.24) is 14.7 Å². The molecule has 1 heterocycles. The number of nitrogens with zero attached hydrogens (tertiary/aromatic N) is 3. The van der Waals surface area contributed by atoms with Crippen molar-refractivity contribution in [2.45, 2.75) is 33.2 Å². The second-order valence-corrected chi connectivity index (χ2v) is 8.42. The standard InChI is InChI=1S/C25H29N3O2/c1-18(2)16-28(24(29)20-14-15-20)17-22-23(19-10-6-4-7-11-19)26-27(3)25(22)30-21-12-8-5-9-13-21/h4-13,18,20H,14-17H2,1-3H3. The fourth-order valence-corrected chi connectivity index (χ4v) is 3.70. The molecule has 1 saturated carbocycles. The van der Waals surface area contributed by atoms with Crippen LogP contribution in [0.5, 0.6) is 11.6 Å². The van der Waals surface area contributed by atoms with Crippen LogP contribution in [0.4, 0.5) is 0 Å². The van der Waals surface area contributed by atoms with Gasteiger partial charge in [0.25, 0.3) is 0 Å². The molecule has 3 aromatic rings. The van der Waals surface area contributed by atoms with Crippen LogP contribution in [0.2, 0.25) is 0 Å². The van der Waals surface area contributed by atoms with Crippen LogP contribution in [-0.2, 0) is 18.4 Å². The molecule has 2 aromatic carbocycles. The molecule has 1 amide bonds. The monoisotopic (exact) mass is 403 g/mol. The first-order valence-corrected chi connectivity index (χ1v) is 10.7. The van der Waals surface area contributed by atoms with Gasteiger partial charge in [0, 0.05) is 25.1 Å². The number of hydrogen-bond acceptors (Lipinski definition) is 3. The zero-order valence-corrected chi connectivity index (χ0v) is 17.9. The minimum Gasteiger partial charge on any atom is -0.439 e. The molecular weight excluding hydrogens is 374 g/mol. The summed E-state index contributed by atoms with van der Waals surface area (Å²) in [5.74, 6) is 2.25. The van der Waals surface area contributed by atoms with Gasteiger partial charge in [-0.25, -0.2) is 4.68 Å². The van der Waals surface area contributed by atoms with Crippen LogP contribution < -0.4 is 4.74 Å². The third kappa shape index (κ3) is 4.56. The van der Waals surface area contributed by atoms with Gasteiger partial charge in [0.2, 0.25) is 11.8 Å². The molecular formula is C25H29N3O2. The summed E-state index contributed by atoms with van der Waals surface area (Å²) in [7, 11) is 1.89. The number of aryl methyl sites for hydroxylation is 1. The first-order valence-electron chi connectivity index (χ1n) is 10.7. The lowest BCUT2D eigenvalue weighted by atomic mass is 10.1. The summed E-state index contributed by atoms with van der Waals surface area (Å²) in [6, 6.07) is 19.8. The predicted octanol–water partition coefficient (Wildman–Crippen LogP) is 5.27. The number of ether oxygens (including phenoxy) is 1. The average molecular weight is 404 g/mol. The van der Waals surface area contributed by atoms with Gasteiger partial charge in [-0.3, -0.25) is 4.79 Å². The molecule has 30 heavy (non-hydrogen) atoms. The maximum absolute atomic E-state index is 13.0. The molecule has 0 atom stereocenters. The fraction of sp³-hybridized carbons (Fsp3) is 0.360. The number of benzene rings is 2. The number of carbonyl (C=O) groups excluding carboxylic acids is 1. The van der Waals surface area contributed by atoms with Crippen LogP contribution in [0, 0.1) is 11.8 Å². The summed E-state index contributed by atoms with van der Waals surface area (Å²) in [6.07, 6.45) is 2.00. The zero-order chi connectivity index (χ0) is 21.1. The summed E-state index contributed by atoms with van der Waals surface area (Å²) < 4.78 is 8.04. The molecule has 0 radical (unpaired) electrons. The van der Waals surface area contributed by atoms with Crippen molar-refractivity contribution < 1.29 is 9.53 Å². The van der Waals surface area contributed by atoms with Crippen molar-refractivity contribution in [1.29, 1.82) is 0 Å². The maximum Gasteiger partial charge on any atom is 0.225 e. The molecule has 5 heteroatoms. The second-order valence-electron chi connectivity index (χ2n) is 8.42. The smallest absolute Gasteiger partial charge is 0.225 e. The Morgan fingerprint density at radius 2 is 1.73 bits per heavy atom. The molecule has 156 valence electrons. The van der Waals surface area contributed by atoms with Crippen molar-refractivity contribution in [3.8, 4) is 22.9 Å². The number of carbonyl (C=O) groups is 1. The molecule has 0 N–H and O–H groups in total. The third-order valence-corrected chi connectivity index (χ3v) is 5.27. The van der Waals surface area contributed by atoms with Gasteiger partial charge in [0.15, 0.2) is 0 Å². The van der Waals surface area contributed by atoms with Crippen LogP contribution in [0.1, 0.15) is 32.3 Å². The minimum absolute atomic E-state index is 0.180. The second kappa shape index (κ2) is 8.74. The van der Waals surface area contributed by atoms with Crippen LogP contribution in [0.3, 0.4) is 0 Å². The van der Waals surface area contributed by atoms with E-state index in [2.05, 4.69) is 13.8 Å². The van der Waals surface area contributed by atoms with Crippen molar-refractivity contribution in [3.05, 3.63) is 66.2 Å². The molecule has 4 rings (SSSR count). The summed E-state index contributed by atoms with van der Waals surface area (Å²) in [5, 5.41) is 4.78. The minimum atomic E-state index is 0.180. The lowest BCUT2D eigenvalue weighted by Crippen LogP contribution is -2.35.